The Morgan fingerprint density at radius 3 is 2.47 bits per heavy atom. The lowest BCUT2D eigenvalue weighted by atomic mass is 9.94. The van der Waals surface area contributed by atoms with Gasteiger partial charge in [-0.2, -0.15) is 0 Å². The van der Waals surface area contributed by atoms with Crippen LogP contribution in [0.15, 0.2) is 36.4 Å². The summed E-state index contributed by atoms with van der Waals surface area (Å²) >= 11 is 8.40. The quantitative estimate of drug-likeness (QED) is 0.473. The fourth-order valence-corrected chi connectivity index (χ4v) is 3.06. The van der Waals surface area contributed by atoms with Gasteiger partial charge in [-0.1, -0.05) is 35.4 Å². The van der Waals surface area contributed by atoms with Crippen molar-refractivity contribution in [3.8, 4) is 0 Å². The van der Waals surface area contributed by atoms with E-state index >= 15 is 0 Å². The van der Waals surface area contributed by atoms with Crippen LogP contribution in [0.5, 0.6) is 0 Å². The van der Waals surface area contributed by atoms with Gasteiger partial charge in [0, 0.05) is 8.59 Å². The Hall–Kier alpha value is -0.620. The summed E-state index contributed by atoms with van der Waals surface area (Å²) in [6.45, 7) is 4.19. The molecule has 0 aliphatic rings. The minimum atomic E-state index is -0.0498. The second kappa shape index (κ2) is 6.22. The van der Waals surface area contributed by atoms with Crippen molar-refractivity contribution < 1.29 is 0 Å². The van der Waals surface area contributed by atoms with Crippen molar-refractivity contribution in [2.24, 2.45) is 5.84 Å². The zero-order valence-electron chi connectivity index (χ0n) is 10.9. The molecule has 0 saturated heterocycles. The molecule has 3 N–H and O–H groups in total. The molecule has 1 atom stereocenters. The fraction of sp³-hybridized carbons (Fsp3) is 0.200. The number of rotatable bonds is 3. The smallest absolute Gasteiger partial charge is 0.0723 e. The van der Waals surface area contributed by atoms with Crippen LogP contribution in [0.4, 0.5) is 0 Å². The van der Waals surface area contributed by atoms with Gasteiger partial charge in [0.15, 0.2) is 0 Å². The summed E-state index contributed by atoms with van der Waals surface area (Å²) in [5.41, 5.74) is 7.64. The maximum Gasteiger partial charge on any atom is 0.0723 e. The number of nitrogens with two attached hydrogens (primary N) is 1. The van der Waals surface area contributed by atoms with E-state index in [4.69, 9.17) is 17.4 Å². The molecule has 0 saturated carbocycles. The molecule has 0 fully saturated rings. The van der Waals surface area contributed by atoms with Crippen LogP contribution in [0.2, 0.25) is 5.02 Å². The van der Waals surface area contributed by atoms with Crippen LogP contribution in [0, 0.1) is 17.4 Å². The van der Waals surface area contributed by atoms with Crippen molar-refractivity contribution in [2.45, 2.75) is 19.9 Å². The average molecular weight is 387 g/mol. The molecule has 0 heterocycles. The van der Waals surface area contributed by atoms with Crippen molar-refractivity contribution in [1.29, 1.82) is 0 Å². The van der Waals surface area contributed by atoms with Gasteiger partial charge in [-0.25, -0.2) is 5.43 Å². The first-order chi connectivity index (χ1) is 9.02. The first kappa shape index (κ1) is 14.8. The highest BCUT2D eigenvalue weighted by Crippen LogP contribution is 2.30. The van der Waals surface area contributed by atoms with Crippen molar-refractivity contribution in [3.63, 3.8) is 0 Å². The minimum Gasteiger partial charge on any atom is -0.271 e. The highest BCUT2D eigenvalue weighted by atomic mass is 127. The Morgan fingerprint density at radius 1 is 1.11 bits per heavy atom. The number of halogens is 2. The lowest BCUT2D eigenvalue weighted by Crippen LogP contribution is -2.30. The molecule has 0 aliphatic carbocycles. The largest absolute Gasteiger partial charge is 0.271 e. The maximum atomic E-state index is 6.10. The van der Waals surface area contributed by atoms with Crippen LogP contribution in [-0.2, 0) is 0 Å². The van der Waals surface area contributed by atoms with Crippen molar-refractivity contribution in [3.05, 3.63) is 67.2 Å². The van der Waals surface area contributed by atoms with E-state index in [1.165, 1.54) is 16.7 Å². The van der Waals surface area contributed by atoms with Gasteiger partial charge in [-0.3, -0.25) is 5.84 Å². The van der Waals surface area contributed by atoms with E-state index in [0.717, 1.165) is 14.2 Å². The Balaban J connectivity index is 2.52. The molecule has 0 amide bonds. The van der Waals surface area contributed by atoms with Gasteiger partial charge in [-0.05, 0) is 71.3 Å². The highest BCUT2D eigenvalue weighted by Gasteiger charge is 2.17. The monoisotopic (exact) mass is 386 g/mol. The van der Waals surface area contributed by atoms with E-state index < -0.39 is 0 Å². The predicted octanol–water partition coefficient (Wildman–Crippen LogP) is 4.11. The number of nitrogens with one attached hydrogen (secondary N) is 1. The van der Waals surface area contributed by atoms with Crippen LogP contribution >= 0.6 is 34.2 Å². The third-order valence-corrected chi connectivity index (χ3v) is 4.39. The fourth-order valence-electron chi connectivity index (χ4n) is 2.23. The van der Waals surface area contributed by atoms with Crippen LogP contribution < -0.4 is 11.3 Å². The SMILES string of the molecule is Cc1ccc(C(NN)c2cc(Cl)ccc2I)c(C)c1. The maximum absolute atomic E-state index is 6.10. The van der Waals surface area contributed by atoms with E-state index in [0.29, 0.717) is 0 Å². The summed E-state index contributed by atoms with van der Waals surface area (Å²) in [5, 5.41) is 0.723. The number of hydrogen-bond donors (Lipinski definition) is 2. The van der Waals surface area contributed by atoms with Gasteiger partial charge in [-0.15, -0.1) is 0 Å². The van der Waals surface area contributed by atoms with E-state index in [9.17, 15) is 0 Å². The molecule has 0 bridgehead atoms. The first-order valence-corrected chi connectivity index (χ1v) is 7.47. The topological polar surface area (TPSA) is 38.0 Å². The van der Waals surface area contributed by atoms with Crippen LogP contribution in [-0.4, -0.2) is 0 Å². The summed E-state index contributed by atoms with van der Waals surface area (Å²) < 4.78 is 1.14. The average Bonchev–Trinajstić information content (AvgIpc) is 2.36. The van der Waals surface area contributed by atoms with Crippen molar-refractivity contribution in [1.82, 2.24) is 5.43 Å². The Morgan fingerprint density at radius 2 is 1.84 bits per heavy atom. The molecule has 19 heavy (non-hydrogen) atoms. The lowest BCUT2D eigenvalue weighted by molar-refractivity contribution is 0.631. The molecule has 0 radical (unpaired) electrons. The van der Waals surface area contributed by atoms with E-state index in [1.54, 1.807) is 0 Å². The minimum absolute atomic E-state index is 0.0498. The van der Waals surface area contributed by atoms with E-state index in [2.05, 4.69) is 60.1 Å². The Bertz CT molecular complexity index is 599. The molecule has 0 aromatic heterocycles. The van der Waals surface area contributed by atoms with Gasteiger partial charge in [0.2, 0.25) is 0 Å². The van der Waals surface area contributed by atoms with Crippen LogP contribution in [0.25, 0.3) is 0 Å². The molecule has 0 spiro atoms. The van der Waals surface area contributed by atoms with E-state index in [1.807, 2.05) is 18.2 Å². The van der Waals surface area contributed by atoms with Crippen molar-refractivity contribution >= 4 is 34.2 Å². The zero-order valence-corrected chi connectivity index (χ0v) is 13.8. The molecular weight excluding hydrogens is 371 g/mol. The predicted molar refractivity (Wildman–Crippen MR) is 89.3 cm³/mol. The van der Waals surface area contributed by atoms with Gasteiger partial charge in [0.1, 0.15) is 0 Å². The van der Waals surface area contributed by atoms with Gasteiger partial charge >= 0.3 is 0 Å². The molecule has 4 heteroatoms. The second-order valence-electron chi connectivity index (χ2n) is 4.63. The van der Waals surface area contributed by atoms with Crippen LogP contribution in [0.1, 0.15) is 28.3 Å². The third-order valence-electron chi connectivity index (χ3n) is 3.17. The first-order valence-electron chi connectivity index (χ1n) is 6.01. The Kier molecular flexibility index (Phi) is 4.84. The number of hydrogen-bond acceptors (Lipinski definition) is 2. The molecule has 2 nitrogen and oxygen atoms in total. The number of hydrazine groups is 1. The summed E-state index contributed by atoms with van der Waals surface area (Å²) in [6.07, 6.45) is 0. The molecule has 2 aromatic carbocycles. The molecule has 2 aromatic rings. The summed E-state index contributed by atoms with van der Waals surface area (Å²) in [7, 11) is 0. The molecular formula is C15H16ClIN2. The third kappa shape index (κ3) is 3.28. The number of benzene rings is 2. The molecule has 0 aliphatic heterocycles. The summed E-state index contributed by atoms with van der Waals surface area (Å²) in [4.78, 5) is 0. The molecule has 100 valence electrons. The lowest BCUT2D eigenvalue weighted by Gasteiger charge is -2.21. The Labute approximate surface area is 132 Å². The standard InChI is InChI=1S/C15H16ClIN2/c1-9-3-5-12(10(2)7-9)15(19-18)13-8-11(16)4-6-14(13)17/h3-8,15,19H,18H2,1-2H3. The molecule has 1 unspecified atom stereocenters. The van der Waals surface area contributed by atoms with Gasteiger partial charge < -0.3 is 0 Å². The second-order valence-corrected chi connectivity index (χ2v) is 6.22. The normalized spacial score (nSPS) is 12.5. The van der Waals surface area contributed by atoms with Gasteiger partial charge in [0.05, 0.1) is 6.04 Å². The summed E-state index contributed by atoms with van der Waals surface area (Å²) in [5.74, 6) is 5.77. The van der Waals surface area contributed by atoms with Crippen molar-refractivity contribution in [2.75, 3.05) is 0 Å². The van der Waals surface area contributed by atoms with Gasteiger partial charge in [0.25, 0.3) is 0 Å². The number of aryl methyl sites for hydroxylation is 2. The summed E-state index contributed by atoms with van der Waals surface area (Å²) in [6, 6.07) is 12.2. The van der Waals surface area contributed by atoms with E-state index in [-0.39, 0.29) is 6.04 Å². The highest BCUT2D eigenvalue weighted by molar-refractivity contribution is 14.1. The van der Waals surface area contributed by atoms with Crippen LogP contribution in [0.3, 0.4) is 0 Å². The zero-order chi connectivity index (χ0) is 14.0. The molecule has 2 rings (SSSR count).